The number of ether oxygens (including phenoxy) is 1. The van der Waals surface area contributed by atoms with Gasteiger partial charge in [-0.25, -0.2) is 4.79 Å². The fourth-order valence-corrected chi connectivity index (χ4v) is 3.60. The van der Waals surface area contributed by atoms with Crippen LogP contribution in [0.4, 0.5) is 0 Å². The van der Waals surface area contributed by atoms with Gasteiger partial charge in [-0.1, -0.05) is 42.5 Å². The molecule has 2 heterocycles. The summed E-state index contributed by atoms with van der Waals surface area (Å²) >= 11 is 1.27. The zero-order valence-corrected chi connectivity index (χ0v) is 13.5. The molecule has 0 unspecified atom stereocenters. The fourth-order valence-electron chi connectivity index (χ4n) is 2.68. The Morgan fingerprint density at radius 3 is 2.62 bits per heavy atom. The van der Waals surface area contributed by atoms with Crippen molar-refractivity contribution in [3.63, 3.8) is 0 Å². The molecule has 4 nitrogen and oxygen atoms in total. The number of para-hydroxylation sites is 1. The molecule has 0 spiro atoms. The van der Waals surface area contributed by atoms with Gasteiger partial charge >= 0.3 is 5.63 Å². The summed E-state index contributed by atoms with van der Waals surface area (Å²) < 4.78 is 11.2. The summed E-state index contributed by atoms with van der Waals surface area (Å²) in [5.41, 5.74) is 1.75. The van der Waals surface area contributed by atoms with Crippen LogP contribution in [0.1, 0.15) is 11.1 Å². The number of hydrogen-bond donors (Lipinski definition) is 1. The second kappa shape index (κ2) is 6.09. The van der Waals surface area contributed by atoms with E-state index >= 15 is 0 Å². The molecule has 5 heteroatoms. The first-order valence-corrected chi connectivity index (χ1v) is 8.50. The molecule has 2 aromatic carbocycles. The van der Waals surface area contributed by atoms with Crippen LogP contribution in [0.15, 0.2) is 68.7 Å². The van der Waals surface area contributed by atoms with Crippen molar-refractivity contribution in [3.8, 4) is 22.8 Å². The molecule has 0 aliphatic carbocycles. The molecule has 4 rings (SSSR count). The number of aromatic hydroxyl groups is 1. The van der Waals surface area contributed by atoms with E-state index in [0.29, 0.717) is 28.4 Å². The first-order chi connectivity index (χ1) is 11.7. The molecule has 0 amide bonds. The summed E-state index contributed by atoms with van der Waals surface area (Å²) in [5.74, 6) is 1.58. The molecule has 1 N–H and O–H groups in total. The molecule has 0 saturated heterocycles. The average Bonchev–Trinajstić information content (AvgIpc) is 2.62. The maximum Gasteiger partial charge on any atom is 0.353 e. The van der Waals surface area contributed by atoms with Gasteiger partial charge < -0.3 is 14.3 Å². The molecular formula is C19H14O4S. The summed E-state index contributed by atoms with van der Waals surface area (Å²) in [6.07, 6.45) is 0. The predicted molar refractivity (Wildman–Crippen MR) is 92.4 cm³/mol. The van der Waals surface area contributed by atoms with Crippen LogP contribution < -0.4 is 10.4 Å². The minimum atomic E-state index is -0.524. The van der Waals surface area contributed by atoms with E-state index in [1.165, 1.54) is 11.8 Å². The fraction of sp³-hybridized carbons (Fsp3) is 0.105. The molecule has 0 saturated carbocycles. The van der Waals surface area contributed by atoms with E-state index in [9.17, 15) is 9.90 Å². The minimum Gasteiger partial charge on any atom is -0.506 e. The highest BCUT2D eigenvalue weighted by molar-refractivity contribution is 7.98. The van der Waals surface area contributed by atoms with Crippen LogP contribution in [0.25, 0.3) is 11.3 Å². The molecule has 0 atom stereocenters. The van der Waals surface area contributed by atoms with Crippen LogP contribution >= 0.6 is 11.8 Å². The predicted octanol–water partition coefficient (Wildman–Crippen LogP) is 4.20. The van der Waals surface area contributed by atoms with E-state index < -0.39 is 5.63 Å². The third-order valence-electron chi connectivity index (χ3n) is 3.88. The molecule has 0 fully saturated rings. The van der Waals surface area contributed by atoms with Crippen molar-refractivity contribution < 1.29 is 14.3 Å². The van der Waals surface area contributed by atoms with E-state index in [1.54, 1.807) is 0 Å². The normalized spacial score (nSPS) is 12.2. The molecule has 3 aromatic rings. The number of thioether (sulfide) groups is 1. The highest BCUT2D eigenvalue weighted by Crippen LogP contribution is 2.42. The SMILES string of the molecule is O=c1oc2c(c(O)c1SCc1ccccc1)COc1ccccc1-2. The zero-order chi connectivity index (χ0) is 16.5. The van der Waals surface area contributed by atoms with E-state index in [2.05, 4.69) is 0 Å². The smallest absolute Gasteiger partial charge is 0.353 e. The van der Waals surface area contributed by atoms with Gasteiger partial charge in [0, 0.05) is 5.75 Å². The van der Waals surface area contributed by atoms with Gasteiger partial charge in [0.05, 0.1) is 11.1 Å². The van der Waals surface area contributed by atoms with E-state index in [0.717, 1.165) is 5.56 Å². The molecule has 0 radical (unpaired) electrons. The first kappa shape index (κ1) is 14.9. The van der Waals surface area contributed by atoms with Crippen LogP contribution in [-0.4, -0.2) is 5.11 Å². The van der Waals surface area contributed by atoms with Crippen molar-refractivity contribution in [3.05, 3.63) is 76.1 Å². The topological polar surface area (TPSA) is 59.7 Å². The quantitative estimate of drug-likeness (QED) is 0.725. The van der Waals surface area contributed by atoms with Crippen LogP contribution in [0.3, 0.4) is 0 Å². The Morgan fingerprint density at radius 1 is 1.04 bits per heavy atom. The lowest BCUT2D eigenvalue weighted by Crippen LogP contribution is -2.12. The third-order valence-corrected chi connectivity index (χ3v) is 5.01. The monoisotopic (exact) mass is 338 g/mol. The third kappa shape index (κ3) is 2.57. The second-order valence-corrected chi connectivity index (χ2v) is 6.42. The molecule has 120 valence electrons. The largest absolute Gasteiger partial charge is 0.506 e. The van der Waals surface area contributed by atoms with Gasteiger partial charge in [0.1, 0.15) is 23.0 Å². The first-order valence-electron chi connectivity index (χ1n) is 7.52. The molecule has 24 heavy (non-hydrogen) atoms. The van der Waals surface area contributed by atoms with Crippen molar-refractivity contribution in [2.45, 2.75) is 17.3 Å². The van der Waals surface area contributed by atoms with Gasteiger partial charge in [0.25, 0.3) is 0 Å². The zero-order valence-electron chi connectivity index (χ0n) is 12.7. The van der Waals surface area contributed by atoms with Crippen molar-refractivity contribution in [2.75, 3.05) is 0 Å². The van der Waals surface area contributed by atoms with E-state index in [4.69, 9.17) is 9.15 Å². The average molecular weight is 338 g/mol. The molecule has 0 bridgehead atoms. The molecule has 1 aromatic heterocycles. The Bertz CT molecular complexity index is 947. The maximum atomic E-state index is 12.4. The van der Waals surface area contributed by atoms with Crippen molar-refractivity contribution in [1.29, 1.82) is 0 Å². The number of rotatable bonds is 3. The van der Waals surface area contributed by atoms with Gasteiger partial charge in [-0.05, 0) is 17.7 Å². The lowest BCUT2D eigenvalue weighted by atomic mass is 10.0. The Balaban J connectivity index is 1.73. The lowest BCUT2D eigenvalue weighted by Gasteiger charge is -2.20. The van der Waals surface area contributed by atoms with Crippen LogP contribution in [-0.2, 0) is 12.4 Å². The highest BCUT2D eigenvalue weighted by atomic mass is 32.2. The summed E-state index contributed by atoms with van der Waals surface area (Å²) in [5, 5.41) is 10.6. The summed E-state index contributed by atoms with van der Waals surface area (Å²) in [7, 11) is 0. The molecule has 1 aliphatic rings. The highest BCUT2D eigenvalue weighted by Gasteiger charge is 2.26. The standard InChI is InChI=1S/C19H14O4S/c20-16-14-10-22-15-9-5-4-8-13(15)17(14)23-19(21)18(16)24-11-12-6-2-1-3-7-12/h1-9,20H,10-11H2. The van der Waals surface area contributed by atoms with Gasteiger partial charge in [-0.2, -0.15) is 0 Å². The van der Waals surface area contributed by atoms with E-state index in [1.807, 2.05) is 54.6 Å². The maximum absolute atomic E-state index is 12.4. The van der Waals surface area contributed by atoms with Gasteiger partial charge in [-0.3, -0.25) is 0 Å². The molecule has 1 aliphatic heterocycles. The van der Waals surface area contributed by atoms with Crippen molar-refractivity contribution in [1.82, 2.24) is 0 Å². The number of fused-ring (bicyclic) bond motifs is 3. The number of benzene rings is 2. The number of hydrogen-bond acceptors (Lipinski definition) is 5. The minimum absolute atomic E-state index is 0.0447. The second-order valence-electron chi connectivity index (χ2n) is 5.43. The van der Waals surface area contributed by atoms with Crippen LogP contribution in [0.2, 0.25) is 0 Å². The van der Waals surface area contributed by atoms with Crippen molar-refractivity contribution in [2.24, 2.45) is 0 Å². The van der Waals surface area contributed by atoms with Crippen molar-refractivity contribution >= 4 is 11.8 Å². The Morgan fingerprint density at radius 2 is 1.79 bits per heavy atom. The summed E-state index contributed by atoms with van der Waals surface area (Å²) in [4.78, 5) is 12.6. The summed E-state index contributed by atoms with van der Waals surface area (Å²) in [6.45, 7) is 0.181. The Labute approximate surface area is 142 Å². The van der Waals surface area contributed by atoms with Crippen LogP contribution in [0.5, 0.6) is 11.5 Å². The lowest BCUT2D eigenvalue weighted by molar-refractivity contribution is 0.281. The van der Waals surface area contributed by atoms with E-state index in [-0.39, 0.29) is 17.3 Å². The Hall–Kier alpha value is -2.66. The Kier molecular flexibility index (Phi) is 3.78. The molecular weight excluding hydrogens is 324 g/mol. The summed E-state index contributed by atoms with van der Waals surface area (Å²) in [6, 6.07) is 17.1. The van der Waals surface area contributed by atoms with Gasteiger partial charge in [0.15, 0.2) is 5.76 Å². The van der Waals surface area contributed by atoms with Gasteiger partial charge in [0.2, 0.25) is 0 Å². The van der Waals surface area contributed by atoms with Gasteiger partial charge in [-0.15, -0.1) is 11.8 Å². The van der Waals surface area contributed by atoms with Crippen LogP contribution in [0, 0.1) is 0 Å².